The summed E-state index contributed by atoms with van der Waals surface area (Å²) in [5, 5.41) is 0.816. The normalized spacial score (nSPS) is 11.9. The zero-order chi connectivity index (χ0) is 16.7. The van der Waals surface area contributed by atoms with Crippen LogP contribution in [0.15, 0.2) is 35.4 Å². The van der Waals surface area contributed by atoms with E-state index in [1.165, 1.54) is 0 Å². The number of sulfonamides is 1. The highest BCUT2D eigenvalue weighted by Gasteiger charge is 2.17. The van der Waals surface area contributed by atoms with Crippen LogP contribution in [-0.4, -0.2) is 46.9 Å². The van der Waals surface area contributed by atoms with Crippen LogP contribution < -0.4 is 4.72 Å². The van der Waals surface area contributed by atoms with E-state index in [9.17, 15) is 8.42 Å². The van der Waals surface area contributed by atoms with Gasteiger partial charge in [0.25, 0.3) is 0 Å². The van der Waals surface area contributed by atoms with Crippen LogP contribution in [0.25, 0.3) is 10.9 Å². The minimum Gasteiger partial charge on any atom is -0.382 e. The number of hydrogen-bond acceptors (Lipinski definition) is 5. The Morgan fingerprint density at radius 3 is 2.83 bits per heavy atom. The summed E-state index contributed by atoms with van der Waals surface area (Å²) in [6.45, 7) is 3.77. The molecule has 23 heavy (non-hydrogen) atoms. The first-order valence-corrected chi connectivity index (χ1v) is 8.94. The van der Waals surface area contributed by atoms with Crippen molar-refractivity contribution < 1.29 is 17.9 Å². The maximum atomic E-state index is 12.5. The fourth-order valence-electron chi connectivity index (χ4n) is 2.16. The van der Waals surface area contributed by atoms with Gasteiger partial charge < -0.3 is 9.47 Å². The number of aryl methyl sites for hydroxylation is 1. The third kappa shape index (κ3) is 4.97. The number of rotatable bonds is 9. The molecule has 0 bridgehead atoms. The SMILES string of the molecule is COCCOCCCNS(=O)(=O)c1cccc2cc(C)cnc12. The highest BCUT2D eigenvalue weighted by atomic mass is 32.2. The Labute approximate surface area is 136 Å². The minimum atomic E-state index is -3.59. The van der Waals surface area contributed by atoms with Crippen LogP contribution in [0.2, 0.25) is 0 Å². The van der Waals surface area contributed by atoms with Crippen molar-refractivity contribution in [2.75, 3.05) is 33.5 Å². The largest absolute Gasteiger partial charge is 0.382 e. The highest BCUT2D eigenvalue weighted by molar-refractivity contribution is 7.89. The van der Waals surface area contributed by atoms with Crippen LogP contribution in [0.5, 0.6) is 0 Å². The molecule has 126 valence electrons. The van der Waals surface area contributed by atoms with Crippen molar-refractivity contribution in [2.24, 2.45) is 0 Å². The van der Waals surface area contributed by atoms with Crippen molar-refractivity contribution >= 4 is 20.9 Å². The number of nitrogens with one attached hydrogen (secondary N) is 1. The van der Waals surface area contributed by atoms with Crippen LogP contribution in [-0.2, 0) is 19.5 Å². The van der Waals surface area contributed by atoms with E-state index >= 15 is 0 Å². The number of methoxy groups -OCH3 is 1. The predicted molar refractivity (Wildman–Crippen MR) is 89.0 cm³/mol. The van der Waals surface area contributed by atoms with Gasteiger partial charge in [-0.1, -0.05) is 12.1 Å². The lowest BCUT2D eigenvalue weighted by molar-refractivity contribution is 0.0699. The monoisotopic (exact) mass is 338 g/mol. The van der Waals surface area contributed by atoms with Crippen LogP contribution in [0.4, 0.5) is 0 Å². The van der Waals surface area contributed by atoms with Gasteiger partial charge in [-0.3, -0.25) is 4.98 Å². The molecule has 2 aromatic rings. The van der Waals surface area contributed by atoms with E-state index in [-0.39, 0.29) is 4.90 Å². The van der Waals surface area contributed by atoms with Crippen molar-refractivity contribution in [1.82, 2.24) is 9.71 Å². The molecule has 0 amide bonds. The smallest absolute Gasteiger partial charge is 0.242 e. The molecule has 0 radical (unpaired) electrons. The maximum absolute atomic E-state index is 12.5. The number of nitrogens with zero attached hydrogens (tertiary/aromatic N) is 1. The Morgan fingerprint density at radius 2 is 2.04 bits per heavy atom. The fourth-order valence-corrected chi connectivity index (χ4v) is 3.41. The van der Waals surface area contributed by atoms with Crippen LogP contribution in [0, 0.1) is 6.92 Å². The second-order valence-corrected chi connectivity index (χ2v) is 6.93. The average molecular weight is 338 g/mol. The number of benzene rings is 1. The van der Waals surface area contributed by atoms with E-state index in [0.29, 0.717) is 38.3 Å². The number of hydrogen-bond donors (Lipinski definition) is 1. The summed E-state index contributed by atoms with van der Waals surface area (Å²) in [6, 6.07) is 7.08. The van der Waals surface area contributed by atoms with Gasteiger partial charge in [-0.05, 0) is 31.0 Å². The Bertz CT molecular complexity index is 747. The molecular formula is C16H22N2O4S. The van der Waals surface area contributed by atoms with Gasteiger partial charge in [0, 0.05) is 31.8 Å². The van der Waals surface area contributed by atoms with E-state index in [0.717, 1.165) is 10.9 Å². The lowest BCUT2D eigenvalue weighted by Crippen LogP contribution is -2.26. The first kappa shape index (κ1) is 17.8. The van der Waals surface area contributed by atoms with Crippen LogP contribution in [0.1, 0.15) is 12.0 Å². The lowest BCUT2D eigenvalue weighted by atomic mass is 10.2. The van der Waals surface area contributed by atoms with Gasteiger partial charge in [0.15, 0.2) is 0 Å². The summed E-state index contributed by atoms with van der Waals surface area (Å²) < 4.78 is 37.7. The van der Waals surface area contributed by atoms with E-state index < -0.39 is 10.0 Å². The molecule has 0 aliphatic carbocycles. The summed E-state index contributed by atoms with van der Waals surface area (Å²) in [6.07, 6.45) is 2.27. The zero-order valence-corrected chi connectivity index (χ0v) is 14.2. The zero-order valence-electron chi connectivity index (χ0n) is 13.4. The first-order valence-electron chi connectivity index (χ1n) is 7.46. The number of pyridine rings is 1. The molecule has 1 aromatic heterocycles. The summed E-state index contributed by atoms with van der Waals surface area (Å²) in [5.74, 6) is 0. The summed E-state index contributed by atoms with van der Waals surface area (Å²) in [7, 11) is -1.98. The van der Waals surface area contributed by atoms with Gasteiger partial charge in [-0.15, -0.1) is 0 Å². The van der Waals surface area contributed by atoms with Crippen molar-refractivity contribution in [3.63, 3.8) is 0 Å². The highest BCUT2D eigenvalue weighted by Crippen LogP contribution is 2.21. The lowest BCUT2D eigenvalue weighted by Gasteiger charge is -2.09. The van der Waals surface area contributed by atoms with E-state index in [2.05, 4.69) is 9.71 Å². The molecule has 0 atom stereocenters. The molecule has 0 aliphatic rings. The Morgan fingerprint density at radius 1 is 1.22 bits per heavy atom. The van der Waals surface area contributed by atoms with Gasteiger partial charge in [0.2, 0.25) is 10.0 Å². The number of aromatic nitrogens is 1. The molecule has 0 fully saturated rings. The van der Waals surface area contributed by atoms with Crippen molar-refractivity contribution in [3.05, 3.63) is 36.0 Å². The average Bonchev–Trinajstić information content (AvgIpc) is 2.53. The molecule has 0 spiro atoms. The van der Waals surface area contributed by atoms with Gasteiger partial charge in [0.05, 0.1) is 18.7 Å². The summed E-state index contributed by atoms with van der Waals surface area (Å²) in [5.41, 5.74) is 1.48. The van der Waals surface area contributed by atoms with Crippen LogP contribution >= 0.6 is 0 Å². The van der Waals surface area contributed by atoms with Crippen molar-refractivity contribution in [3.8, 4) is 0 Å². The number of para-hydroxylation sites is 1. The molecular weight excluding hydrogens is 316 g/mol. The fraction of sp³-hybridized carbons (Fsp3) is 0.438. The van der Waals surface area contributed by atoms with Gasteiger partial charge >= 0.3 is 0 Å². The number of fused-ring (bicyclic) bond motifs is 1. The molecule has 0 aliphatic heterocycles. The molecule has 0 unspecified atom stereocenters. The van der Waals surface area contributed by atoms with E-state index in [4.69, 9.17) is 9.47 Å². The summed E-state index contributed by atoms with van der Waals surface area (Å²) in [4.78, 5) is 4.47. The van der Waals surface area contributed by atoms with Crippen molar-refractivity contribution in [1.29, 1.82) is 0 Å². The Balaban J connectivity index is 2.00. The molecule has 1 heterocycles. The molecule has 2 rings (SSSR count). The topological polar surface area (TPSA) is 77.5 Å². The second kappa shape index (κ2) is 8.35. The van der Waals surface area contributed by atoms with Crippen LogP contribution in [0.3, 0.4) is 0 Å². The Hall–Kier alpha value is -1.54. The maximum Gasteiger partial charge on any atom is 0.242 e. The van der Waals surface area contributed by atoms with E-state index in [1.54, 1.807) is 25.4 Å². The van der Waals surface area contributed by atoms with Gasteiger partial charge in [-0.2, -0.15) is 0 Å². The standard InChI is InChI=1S/C16H22N2O4S/c1-13-11-14-5-3-6-15(16(14)17-12-13)23(19,20)18-7-4-8-22-10-9-21-2/h3,5-6,11-12,18H,4,7-10H2,1-2H3. The molecule has 0 saturated carbocycles. The molecule has 0 saturated heterocycles. The Kier molecular flexibility index (Phi) is 6.47. The molecule has 1 aromatic carbocycles. The second-order valence-electron chi connectivity index (χ2n) is 5.20. The van der Waals surface area contributed by atoms with Gasteiger partial charge in [0.1, 0.15) is 4.90 Å². The number of ether oxygens (including phenoxy) is 2. The third-order valence-corrected chi connectivity index (χ3v) is 4.78. The van der Waals surface area contributed by atoms with E-state index in [1.807, 2.05) is 19.1 Å². The predicted octanol–water partition coefficient (Wildman–Crippen LogP) is 1.87. The first-order chi connectivity index (χ1) is 11.0. The molecule has 6 nitrogen and oxygen atoms in total. The van der Waals surface area contributed by atoms with Gasteiger partial charge in [-0.25, -0.2) is 13.1 Å². The van der Waals surface area contributed by atoms with Crippen molar-refractivity contribution in [2.45, 2.75) is 18.2 Å². The molecule has 7 heteroatoms. The quantitative estimate of drug-likeness (QED) is 0.706. The third-order valence-electron chi connectivity index (χ3n) is 3.29. The molecule has 1 N–H and O–H groups in total. The minimum absolute atomic E-state index is 0.204. The summed E-state index contributed by atoms with van der Waals surface area (Å²) >= 11 is 0.